The summed E-state index contributed by atoms with van der Waals surface area (Å²) in [6.07, 6.45) is 2.82. The number of para-hydroxylation sites is 1. The Balaban J connectivity index is 0.000000165. The third kappa shape index (κ3) is 4.95. The normalized spacial score (nSPS) is 15.7. The summed E-state index contributed by atoms with van der Waals surface area (Å²) in [5.74, 6) is 1.41. The van der Waals surface area contributed by atoms with Crippen molar-refractivity contribution >= 4 is 5.97 Å². The lowest BCUT2D eigenvalue weighted by Gasteiger charge is -2.14. The number of benzene rings is 3. The molecule has 6 heteroatoms. The largest absolute Gasteiger partial charge is 0.508 e. The van der Waals surface area contributed by atoms with Gasteiger partial charge in [-0.05, 0) is 68.0 Å². The molecular weight excluding hydrogens is 423 g/mol. The van der Waals surface area contributed by atoms with Gasteiger partial charge in [0.1, 0.15) is 28.8 Å². The summed E-state index contributed by atoms with van der Waals surface area (Å²) in [5.41, 5.74) is 4.96. The number of carboxylic acid groups (broad SMARTS) is 1. The molecule has 0 bridgehead atoms. The minimum Gasteiger partial charge on any atom is -0.508 e. The first kappa shape index (κ1) is 22.6. The predicted molar refractivity (Wildman–Crippen MR) is 123 cm³/mol. The van der Waals surface area contributed by atoms with Crippen LogP contribution < -0.4 is 9.47 Å². The average molecular weight is 451 g/mol. The highest BCUT2D eigenvalue weighted by Gasteiger charge is 2.26. The molecule has 5 nitrogen and oxygen atoms in total. The van der Waals surface area contributed by atoms with Gasteiger partial charge in [-0.2, -0.15) is 0 Å². The van der Waals surface area contributed by atoms with Crippen molar-refractivity contribution in [3.8, 4) is 23.0 Å². The van der Waals surface area contributed by atoms with E-state index < -0.39 is 5.97 Å². The number of hydrogen-bond donors (Lipinski definition) is 2. The molecule has 1 unspecified atom stereocenters. The number of aromatic hydroxyl groups is 1. The van der Waals surface area contributed by atoms with E-state index in [1.807, 2.05) is 32.0 Å². The maximum atomic E-state index is 13.7. The van der Waals surface area contributed by atoms with Crippen molar-refractivity contribution in [2.75, 3.05) is 6.61 Å². The zero-order valence-corrected chi connectivity index (χ0v) is 18.7. The molecule has 33 heavy (non-hydrogen) atoms. The molecule has 0 radical (unpaired) electrons. The van der Waals surface area contributed by atoms with E-state index in [4.69, 9.17) is 19.7 Å². The van der Waals surface area contributed by atoms with Crippen molar-refractivity contribution in [1.82, 2.24) is 0 Å². The van der Waals surface area contributed by atoms with Gasteiger partial charge in [-0.3, -0.25) is 4.79 Å². The van der Waals surface area contributed by atoms with E-state index in [1.165, 1.54) is 12.1 Å². The molecule has 3 aromatic carbocycles. The maximum absolute atomic E-state index is 13.7. The second-order valence-corrected chi connectivity index (χ2v) is 8.51. The number of aryl methyl sites for hydroxylation is 2. The molecule has 172 valence electrons. The number of phenols is 1. The molecule has 3 aromatic rings. The van der Waals surface area contributed by atoms with Gasteiger partial charge in [-0.25, -0.2) is 4.39 Å². The quantitative estimate of drug-likeness (QED) is 0.505. The van der Waals surface area contributed by atoms with Gasteiger partial charge < -0.3 is 19.7 Å². The van der Waals surface area contributed by atoms with Crippen LogP contribution in [-0.2, 0) is 17.6 Å². The second kappa shape index (κ2) is 9.53. The lowest BCUT2D eigenvalue weighted by Crippen LogP contribution is -2.07. The molecule has 0 fully saturated rings. The van der Waals surface area contributed by atoms with Gasteiger partial charge >= 0.3 is 5.97 Å². The van der Waals surface area contributed by atoms with Crippen LogP contribution in [0, 0.1) is 19.7 Å². The van der Waals surface area contributed by atoms with Crippen molar-refractivity contribution in [3.63, 3.8) is 0 Å². The number of halogens is 1. The summed E-state index contributed by atoms with van der Waals surface area (Å²) in [5, 5.41) is 17.8. The zero-order valence-electron chi connectivity index (χ0n) is 18.7. The molecular formula is C27H27FO5. The summed E-state index contributed by atoms with van der Waals surface area (Å²) in [6.45, 7) is 4.45. The van der Waals surface area contributed by atoms with Gasteiger partial charge in [0.05, 0.1) is 13.0 Å². The summed E-state index contributed by atoms with van der Waals surface area (Å²) in [6, 6.07) is 14.1. The Morgan fingerprint density at radius 1 is 1.09 bits per heavy atom. The number of rotatable bonds is 4. The molecule has 0 amide bonds. The van der Waals surface area contributed by atoms with Crippen LogP contribution in [0.1, 0.15) is 46.6 Å². The standard InChI is InChI=1S/C17H17FO.C10H10O4/c1-11-5-3-6-12(2)17(11)19-16-10-9-15(18)13-7-4-8-14(13)16;11-7-1-2-8-6(3-10(12)13)5-14-9(8)4-7/h3,5-6,9-10H,4,7-8H2,1-2H3;1-2,4,6,11H,3,5H2,(H,12,13). The number of fused-ring (bicyclic) bond motifs is 2. The van der Waals surface area contributed by atoms with Crippen LogP contribution >= 0.6 is 0 Å². The molecule has 1 heterocycles. The summed E-state index contributed by atoms with van der Waals surface area (Å²) in [4.78, 5) is 10.5. The number of hydrogen-bond acceptors (Lipinski definition) is 4. The van der Waals surface area contributed by atoms with E-state index >= 15 is 0 Å². The number of ether oxygens (including phenoxy) is 2. The van der Waals surface area contributed by atoms with Gasteiger partial charge in [0.2, 0.25) is 0 Å². The van der Waals surface area contributed by atoms with Gasteiger partial charge in [-0.1, -0.05) is 24.3 Å². The highest BCUT2D eigenvalue weighted by atomic mass is 19.1. The van der Waals surface area contributed by atoms with Crippen LogP contribution in [0.15, 0.2) is 48.5 Å². The van der Waals surface area contributed by atoms with E-state index in [2.05, 4.69) is 0 Å². The maximum Gasteiger partial charge on any atom is 0.304 e. The molecule has 2 aliphatic rings. The van der Waals surface area contributed by atoms with Crippen LogP contribution in [0.25, 0.3) is 0 Å². The first-order valence-corrected chi connectivity index (χ1v) is 11.0. The first-order chi connectivity index (χ1) is 15.8. The zero-order chi connectivity index (χ0) is 23.5. The number of carbonyl (C=O) groups is 1. The SMILES string of the molecule is Cc1cccc(C)c1Oc1ccc(F)c2c1CCC2.O=C(O)CC1COc2cc(O)ccc21. The van der Waals surface area contributed by atoms with Crippen molar-refractivity contribution in [2.24, 2.45) is 0 Å². The summed E-state index contributed by atoms with van der Waals surface area (Å²) >= 11 is 0. The molecule has 0 saturated carbocycles. The molecule has 0 saturated heterocycles. The van der Waals surface area contributed by atoms with Gasteiger partial charge in [-0.15, -0.1) is 0 Å². The lowest BCUT2D eigenvalue weighted by molar-refractivity contribution is -0.137. The van der Waals surface area contributed by atoms with Crippen molar-refractivity contribution in [3.05, 3.63) is 82.2 Å². The van der Waals surface area contributed by atoms with Crippen LogP contribution in [0.4, 0.5) is 4.39 Å². The van der Waals surface area contributed by atoms with E-state index in [1.54, 1.807) is 18.2 Å². The van der Waals surface area contributed by atoms with Gasteiger partial charge in [0, 0.05) is 23.1 Å². The van der Waals surface area contributed by atoms with E-state index in [9.17, 15) is 9.18 Å². The Kier molecular flexibility index (Phi) is 6.54. The Morgan fingerprint density at radius 3 is 2.55 bits per heavy atom. The summed E-state index contributed by atoms with van der Waals surface area (Å²) < 4.78 is 25.1. The van der Waals surface area contributed by atoms with Crippen molar-refractivity contribution in [1.29, 1.82) is 0 Å². The Labute approximate surface area is 192 Å². The van der Waals surface area contributed by atoms with Gasteiger partial charge in [0.25, 0.3) is 0 Å². The Hall–Kier alpha value is -3.54. The van der Waals surface area contributed by atoms with E-state index in [0.717, 1.165) is 58.6 Å². The molecule has 0 aromatic heterocycles. The van der Waals surface area contributed by atoms with Crippen LogP contribution in [0.5, 0.6) is 23.0 Å². The van der Waals surface area contributed by atoms with Crippen LogP contribution in [-0.4, -0.2) is 22.8 Å². The highest BCUT2D eigenvalue weighted by molar-refractivity contribution is 5.68. The Bertz CT molecular complexity index is 1170. The van der Waals surface area contributed by atoms with Crippen molar-refractivity contribution < 1.29 is 28.9 Å². The van der Waals surface area contributed by atoms with E-state index in [0.29, 0.717) is 12.4 Å². The fraction of sp³-hybridized carbons (Fsp3) is 0.296. The number of aliphatic carboxylic acids is 1. The van der Waals surface area contributed by atoms with Crippen LogP contribution in [0.3, 0.4) is 0 Å². The van der Waals surface area contributed by atoms with Crippen molar-refractivity contribution in [2.45, 2.75) is 45.4 Å². The first-order valence-electron chi connectivity index (χ1n) is 11.0. The molecule has 1 atom stereocenters. The Morgan fingerprint density at radius 2 is 1.82 bits per heavy atom. The smallest absolute Gasteiger partial charge is 0.304 e. The molecule has 1 aliphatic carbocycles. The summed E-state index contributed by atoms with van der Waals surface area (Å²) in [7, 11) is 0. The molecule has 1 aliphatic heterocycles. The third-order valence-corrected chi connectivity index (χ3v) is 6.10. The second-order valence-electron chi connectivity index (χ2n) is 8.51. The van der Waals surface area contributed by atoms with E-state index in [-0.39, 0.29) is 23.9 Å². The predicted octanol–water partition coefficient (Wildman–Crippen LogP) is 6.07. The lowest BCUT2D eigenvalue weighted by atomic mass is 9.98. The topological polar surface area (TPSA) is 76.0 Å². The fourth-order valence-corrected chi connectivity index (χ4v) is 4.44. The fourth-order valence-electron chi connectivity index (χ4n) is 4.44. The number of phenolic OH excluding ortho intramolecular Hbond substituents is 1. The van der Waals surface area contributed by atoms with Gasteiger partial charge in [0.15, 0.2) is 0 Å². The van der Waals surface area contributed by atoms with Crippen LogP contribution in [0.2, 0.25) is 0 Å². The number of carboxylic acids is 1. The highest BCUT2D eigenvalue weighted by Crippen LogP contribution is 2.38. The molecule has 0 spiro atoms. The average Bonchev–Trinajstić information content (AvgIpc) is 3.41. The third-order valence-electron chi connectivity index (χ3n) is 6.10. The molecule has 5 rings (SSSR count). The minimum atomic E-state index is -0.834. The minimum absolute atomic E-state index is 0.0672. The molecule has 2 N–H and O–H groups in total. The monoisotopic (exact) mass is 450 g/mol.